The minimum absolute atomic E-state index is 0.464. The van der Waals surface area contributed by atoms with Crippen LogP contribution < -0.4 is 0 Å². The third-order valence-electron chi connectivity index (χ3n) is 5.17. The van der Waals surface area contributed by atoms with E-state index in [1.807, 2.05) is 23.9 Å². The normalized spacial score (nSPS) is 23.0. The molecule has 0 saturated carbocycles. The van der Waals surface area contributed by atoms with E-state index in [9.17, 15) is 0 Å². The van der Waals surface area contributed by atoms with Crippen LogP contribution in [0.4, 0.5) is 0 Å². The average Bonchev–Trinajstić information content (AvgIpc) is 2.99. The van der Waals surface area contributed by atoms with E-state index in [0.29, 0.717) is 12.1 Å². The van der Waals surface area contributed by atoms with Crippen molar-refractivity contribution in [2.45, 2.75) is 58.3 Å². The van der Waals surface area contributed by atoms with Crippen molar-refractivity contribution in [2.75, 3.05) is 0 Å². The van der Waals surface area contributed by atoms with Crippen LogP contribution in [0, 0.1) is 13.8 Å². The van der Waals surface area contributed by atoms with Crippen molar-refractivity contribution in [3.63, 3.8) is 0 Å². The third kappa shape index (κ3) is 2.49. The lowest BCUT2D eigenvalue weighted by atomic mass is 9.98. The van der Waals surface area contributed by atoms with Gasteiger partial charge < -0.3 is 0 Å². The minimum atomic E-state index is 0.464. The molecule has 0 radical (unpaired) electrons. The van der Waals surface area contributed by atoms with Crippen molar-refractivity contribution in [3.05, 3.63) is 53.4 Å². The fourth-order valence-electron chi connectivity index (χ4n) is 4.06. The highest BCUT2D eigenvalue weighted by atomic mass is 15.3. The van der Waals surface area contributed by atoms with Crippen LogP contribution in [0.2, 0.25) is 0 Å². The summed E-state index contributed by atoms with van der Waals surface area (Å²) in [5.41, 5.74) is 5.04. The average molecular weight is 309 g/mol. The van der Waals surface area contributed by atoms with Crippen LogP contribution in [0.5, 0.6) is 0 Å². The van der Waals surface area contributed by atoms with Gasteiger partial charge >= 0.3 is 0 Å². The maximum atomic E-state index is 4.68. The van der Waals surface area contributed by atoms with E-state index in [1.165, 1.54) is 29.7 Å². The Labute approximate surface area is 137 Å². The Morgan fingerprint density at radius 3 is 3.04 bits per heavy atom. The van der Waals surface area contributed by atoms with Gasteiger partial charge in [0.2, 0.25) is 0 Å². The Morgan fingerprint density at radius 1 is 1.35 bits per heavy atom. The number of hydrogen-bond donors (Lipinski definition) is 0. The van der Waals surface area contributed by atoms with Gasteiger partial charge in [-0.1, -0.05) is 6.08 Å². The zero-order valence-electron chi connectivity index (χ0n) is 13.9. The number of hydrogen-bond acceptors (Lipinski definition) is 4. The Hall–Kier alpha value is -2.01. The molecular weight excluding hydrogens is 286 g/mol. The zero-order chi connectivity index (χ0) is 16.0. The maximum Gasteiger partial charge on any atom is 0.125 e. The molecule has 0 amide bonds. The van der Waals surface area contributed by atoms with Crippen LogP contribution in [0.1, 0.15) is 47.2 Å². The van der Waals surface area contributed by atoms with Crippen LogP contribution in [0.25, 0.3) is 0 Å². The fourth-order valence-corrected chi connectivity index (χ4v) is 4.06. The molecule has 0 aromatic carbocycles. The summed E-state index contributed by atoms with van der Waals surface area (Å²) in [6, 6.07) is 1.07. The highest BCUT2D eigenvalue weighted by Crippen LogP contribution is 2.43. The molecule has 1 fully saturated rings. The molecule has 5 heteroatoms. The number of fused-ring (bicyclic) bond motifs is 4. The molecule has 4 heterocycles. The smallest absolute Gasteiger partial charge is 0.125 e. The Morgan fingerprint density at radius 2 is 2.22 bits per heavy atom. The summed E-state index contributed by atoms with van der Waals surface area (Å²) in [4.78, 5) is 11.7. The van der Waals surface area contributed by atoms with Crippen LogP contribution in [0.3, 0.4) is 0 Å². The molecule has 5 nitrogen and oxygen atoms in total. The van der Waals surface area contributed by atoms with Crippen molar-refractivity contribution in [1.29, 1.82) is 0 Å². The molecule has 2 aromatic rings. The number of aryl methyl sites for hydroxylation is 2. The van der Waals surface area contributed by atoms with Gasteiger partial charge in [0.25, 0.3) is 0 Å². The Kier molecular flexibility index (Phi) is 3.53. The lowest BCUT2D eigenvalue weighted by Gasteiger charge is -2.35. The first-order chi connectivity index (χ1) is 11.2. The first-order valence-corrected chi connectivity index (χ1v) is 8.37. The molecule has 2 aromatic heterocycles. The molecule has 2 atom stereocenters. The van der Waals surface area contributed by atoms with Crippen LogP contribution in [-0.4, -0.2) is 30.7 Å². The number of rotatable bonds is 4. The summed E-state index contributed by atoms with van der Waals surface area (Å²) < 4.78 is 1.98. The SMILES string of the molecule is C=CCn1cc(CN2[C@H]3CC[C@H]2c2cnc(C)nc2C3)c(C)n1. The van der Waals surface area contributed by atoms with Crippen LogP contribution in [-0.2, 0) is 19.5 Å². The molecule has 1 saturated heterocycles. The van der Waals surface area contributed by atoms with Crippen molar-refractivity contribution >= 4 is 0 Å². The molecule has 2 bridgehead atoms. The van der Waals surface area contributed by atoms with Crippen molar-refractivity contribution in [1.82, 2.24) is 24.6 Å². The lowest BCUT2D eigenvalue weighted by Crippen LogP contribution is -2.37. The summed E-state index contributed by atoms with van der Waals surface area (Å²) in [5, 5.41) is 4.59. The van der Waals surface area contributed by atoms with Gasteiger partial charge in [0.15, 0.2) is 0 Å². The largest absolute Gasteiger partial charge is 0.288 e. The first kappa shape index (κ1) is 14.6. The molecule has 0 N–H and O–H groups in total. The lowest BCUT2D eigenvalue weighted by molar-refractivity contribution is 0.165. The standard InChI is InChI=1S/C18H23N5/c1-4-7-22-10-14(12(2)21-22)11-23-15-5-6-18(23)16-9-19-13(3)20-17(16)8-15/h4,9-10,15,18H,1,5-8,11H2,2-3H3/t15-,18-/m0/s1. The molecule has 0 aliphatic carbocycles. The van der Waals surface area contributed by atoms with Gasteiger partial charge in [-0.25, -0.2) is 9.97 Å². The van der Waals surface area contributed by atoms with E-state index >= 15 is 0 Å². The van der Waals surface area contributed by atoms with Crippen molar-refractivity contribution in [2.24, 2.45) is 0 Å². The second-order valence-electron chi connectivity index (χ2n) is 6.69. The molecule has 120 valence electrons. The first-order valence-electron chi connectivity index (χ1n) is 8.37. The van der Waals surface area contributed by atoms with E-state index in [1.54, 1.807) is 0 Å². The molecule has 4 rings (SSSR count). The summed E-state index contributed by atoms with van der Waals surface area (Å²) in [7, 11) is 0. The number of aromatic nitrogens is 4. The minimum Gasteiger partial charge on any atom is -0.288 e. The van der Waals surface area contributed by atoms with E-state index in [4.69, 9.17) is 0 Å². The monoisotopic (exact) mass is 309 g/mol. The predicted octanol–water partition coefficient (Wildman–Crippen LogP) is 2.74. The summed E-state index contributed by atoms with van der Waals surface area (Å²) in [5.74, 6) is 0.887. The second-order valence-corrected chi connectivity index (χ2v) is 6.69. The molecule has 23 heavy (non-hydrogen) atoms. The van der Waals surface area contributed by atoms with E-state index in [2.05, 4.69) is 39.7 Å². The topological polar surface area (TPSA) is 46.8 Å². The predicted molar refractivity (Wildman–Crippen MR) is 88.9 cm³/mol. The van der Waals surface area contributed by atoms with Gasteiger partial charge in [0.05, 0.1) is 17.9 Å². The quantitative estimate of drug-likeness (QED) is 0.815. The van der Waals surface area contributed by atoms with Gasteiger partial charge in [0.1, 0.15) is 5.82 Å². The van der Waals surface area contributed by atoms with Crippen LogP contribution >= 0.6 is 0 Å². The highest BCUT2D eigenvalue weighted by molar-refractivity contribution is 5.29. The molecule has 0 unspecified atom stereocenters. The van der Waals surface area contributed by atoms with E-state index in [-0.39, 0.29) is 0 Å². The molecule has 2 aliphatic heterocycles. The summed E-state index contributed by atoms with van der Waals surface area (Å²) in [6.07, 6.45) is 9.61. The highest BCUT2D eigenvalue weighted by Gasteiger charge is 2.40. The van der Waals surface area contributed by atoms with E-state index in [0.717, 1.165) is 31.0 Å². The number of allylic oxidation sites excluding steroid dienone is 1. The third-order valence-corrected chi connectivity index (χ3v) is 5.17. The van der Waals surface area contributed by atoms with Crippen LogP contribution in [0.15, 0.2) is 25.0 Å². The number of nitrogens with zero attached hydrogens (tertiary/aromatic N) is 5. The van der Waals surface area contributed by atoms with Gasteiger partial charge in [-0.3, -0.25) is 9.58 Å². The Balaban J connectivity index is 1.61. The fraction of sp³-hybridized carbons (Fsp3) is 0.500. The maximum absolute atomic E-state index is 4.68. The van der Waals surface area contributed by atoms with Crippen molar-refractivity contribution < 1.29 is 0 Å². The molecule has 0 spiro atoms. The molecule has 2 aliphatic rings. The van der Waals surface area contributed by atoms with E-state index < -0.39 is 0 Å². The zero-order valence-corrected chi connectivity index (χ0v) is 13.9. The van der Waals surface area contributed by atoms with Gasteiger partial charge in [-0.05, 0) is 26.7 Å². The molecular formula is C18H23N5. The van der Waals surface area contributed by atoms with Gasteiger partial charge in [0, 0.05) is 48.6 Å². The van der Waals surface area contributed by atoms with Gasteiger partial charge in [-0.2, -0.15) is 5.10 Å². The second kappa shape index (κ2) is 5.57. The van der Waals surface area contributed by atoms with Gasteiger partial charge in [-0.15, -0.1) is 6.58 Å². The van der Waals surface area contributed by atoms with Crippen molar-refractivity contribution in [3.8, 4) is 0 Å². The Bertz CT molecular complexity index is 748. The summed E-state index contributed by atoms with van der Waals surface area (Å²) >= 11 is 0. The summed E-state index contributed by atoms with van der Waals surface area (Å²) in [6.45, 7) is 9.60.